The Kier molecular flexibility index (Phi) is 6.44. The Morgan fingerprint density at radius 1 is 1.19 bits per heavy atom. The van der Waals surface area contributed by atoms with Crippen LogP contribution < -0.4 is 15.4 Å². The molecule has 0 aliphatic carbocycles. The highest BCUT2D eigenvalue weighted by molar-refractivity contribution is 5.92. The van der Waals surface area contributed by atoms with E-state index in [-0.39, 0.29) is 11.9 Å². The van der Waals surface area contributed by atoms with E-state index in [1.165, 1.54) is 0 Å². The van der Waals surface area contributed by atoms with Crippen LogP contribution in [0.3, 0.4) is 0 Å². The molecular weight excluding hydrogens is 340 g/mol. The molecule has 3 rings (SSSR count). The molecule has 27 heavy (non-hydrogen) atoms. The van der Waals surface area contributed by atoms with Crippen LogP contribution in [0, 0.1) is 0 Å². The third-order valence-electron chi connectivity index (χ3n) is 4.47. The number of rotatable bonds is 9. The van der Waals surface area contributed by atoms with Crippen molar-refractivity contribution < 1.29 is 9.53 Å². The van der Waals surface area contributed by atoms with Crippen molar-refractivity contribution in [2.24, 2.45) is 0 Å². The summed E-state index contributed by atoms with van der Waals surface area (Å²) in [6.45, 7) is 3.76. The molecule has 6 nitrogen and oxygen atoms in total. The minimum Gasteiger partial charge on any atom is -0.495 e. The Morgan fingerprint density at radius 3 is 2.81 bits per heavy atom. The van der Waals surface area contributed by atoms with Gasteiger partial charge in [0.15, 0.2) is 0 Å². The lowest BCUT2D eigenvalue weighted by Crippen LogP contribution is -2.31. The lowest BCUT2D eigenvalue weighted by atomic mass is 10.2. The number of methoxy groups -OCH3 is 1. The minimum absolute atomic E-state index is 0.0277. The van der Waals surface area contributed by atoms with Gasteiger partial charge in [0.05, 0.1) is 30.2 Å². The molecule has 1 unspecified atom stereocenters. The smallest absolute Gasteiger partial charge is 0.226 e. The zero-order valence-corrected chi connectivity index (χ0v) is 15.8. The molecule has 2 aromatic carbocycles. The number of hydrogen-bond donors (Lipinski definition) is 2. The zero-order valence-electron chi connectivity index (χ0n) is 15.8. The number of carbonyl (C=O) groups is 1. The molecule has 1 heterocycles. The Morgan fingerprint density at radius 2 is 1.96 bits per heavy atom. The van der Waals surface area contributed by atoms with E-state index in [1.54, 1.807) is 7.11 Å². The first-order chi connectivity index (χ1) is 13.2. The number of anilines is 1. The highest BCUT2D eigenvalue weighted by Gasteiger charge is 2.11. The molecule has 0 saturated carbocycles. The first-order valence-corrected chi connectivity index (χ1v) is 9.23. The number of nitrogens with zero attached hydrogens (tertiary/aromatic N) is 2. The predicted octanol–water partition coefficient (Wildman–Crippen LogP) is 3.44. The number of benzene rings is 2. The molecule has 2 N–H and O–H groups in total. The van der Waals surface area contributed by atoms with Crippen molar-refractivity contribution in [1.82, 2.24) is 14.9 Å². The molecule has 1 amide bonds. The topological polar surface area (TPSA) is 68.2 Å². The number of carbonyl (C=O) groups excluding carboxylic acids is 1. The van der Waals surface area contributed by atoms with E-state index in [4.69, 9.17) is 4.74 Å². The van der Waals surface area contributed by atoms with Crippen molar-refractivity contribution >= 4 is 22.6 Å². The molecule has 1 aromatic heterocycles. The molecule has 0 bridgehead atoms. The minimum atomic E-state index is -0.0277. The van der Waals surface area contributed by atoms with Crippen LogP contribution in [-0.4, -0.2) is 35.2 Å². The Labute approximate surface area is 159 Å². The molecule has 1 atom stereocenters. The van der Waals surface area contributed by atoms with Crippen LogP contribution in [0.15, 0.2) is 54.9 Å². The predicted molar refractivity (Wildman–Crippen MR) is 108 cm³/mol. The summed E-state index contributed by atoms with van der Waals surface area (Å²) in [6, 6.07) is 15.6. The number of ether oxygens (including phenoxy) is 1. The molecule has 0 spiro atoms. The summed E-state index contributed by atoms with van der Waals surface area (Å²) in [7, 11) is 1.60. The SMILES string of the molecule is COc1ccccc1NC(=O)CC(C)NCCCn1cnc2ccccc21. The van der Waals surface area contributed by atoms with Crippen LogP contribution >= 0.6 is 0 Å². The summed E-state index contributed by atoms with van der Waals surface area (Å²) < 4.78 is 7.42. The second-order valence-electron chi connectivity index (χ2n) is 6.59. The van der Waals surface area contributed by atoms with Gasteiger partial charge in [0.2, 0.25) is 5.91 Å². The normalized spacial score (nSPS) is 12.1. The van der Waals surface area contributed by atoms with E-state index >= 15 is 0 Å². The number of aryl methyl sites for hydroxylation is 1. The third kappa shape index (κ3) is 5.08. The van der Waals surface area contributed by atoms with Gasteiger partial charge in [-0.1, -0.05) is 24.3 Å². The number of para-hydroxylation sites is 4. The maximum absolute atomic E-state index is 12.2. The molecule has 3 aromatic rings. The van der Waals surface area contributed by atoms with Crippen molar-refractivity contribution in [3.8, 4) is 5.75 Å². The van der Waals surface area contributed by atoms with Crippen molar-refractivity contribution in [3.63, 3.8) is 0 Å². The Hall–Kier alpha value is -2.86. The summed E-state index contributed by atoms with van der Waals surface area (Å²) in [4.78, 5) is 16.6. The fraction of sp³-hybridized carbons (Fsp3) is 0.333. The maximum Gasteiger partial charge on any atom is 0.226 e. The highest BCUT2D eigenvalue weighted by atomic mass is 16.5. The lowest BCUT2D eigenvalue weighted by molar-refractivity contribution is -0.116. The second kappa shape index (κ2) is 9.19. The first kappa shape index (κ1) is 18.9. The van der Waals surface area contributed by atoms with Crippen molar-refractivity contribution in [2.75, 3.05) is 19.0 Å². The van der Waals surface area contributed by atoms with Gasteiger partial charge in [-0.15, -0.1) is 0 Å². The molecule has 0 saturated heterocycles. The zero-order chi connectivity index (χ0) is 19.1. The van der Waals surface area contributed by atoms with Crippen LogP contribution in [-0.2, 0) is 11.3 Å². The van der Waals surface area contributed by atoms with Crippen molar-refractivity contribution in [3.05, 3.63) is 54.9 Å². The van der Waals surface area contributed by atoms with E-state index < -0.39 is 0 Å². The average molecular weight is 366 g/mol. The van der Waals surface area contributed by atoms with Crippen LogP contribution in [0.5, 0.6) is 5.75 Å². The molecule has 0 radical (unpaired) electrons. The van der Waals surface area contributed by atoms with E-state index in [0.717, 1.165) is 30.5 Å². The first-order valence-electron chi connectivity index (χ1n) is 9.23. The summed E-state index contributed by atoms with van der Waals surface area (Å²) in [5.41, 5.74) is 2.87. The number of fused-ring (bicyclic) bond motifs is 1. The van der Waals surface area contributed by atoms with Crippen LogP contribution in [0.4, 0.5) is 5.69 Å². The largest absolute Gasteiger partial charge is 0.495 e. The highest BCUT2D eigenvalue weighted by Crippen LogP contribution is 2.23. The maximum atomic E-state index is 12.2. The van der Waals surface area contributed by atoms with Gasteiger partial charge in [-0.05, 0) is 44.2 Å². The molecule has 0 fully saturated rings. The summed E-state index contributed by atoms with van der Waals surface area (Å²) in [6.07, 6.45) is 3.26. The van der Waals surface area contributed by atoms with Gasteiger partial charge in [0.1, 0.15) is 5.75 Å². The van der Waals surface area contributed by atoms with Crippen LogP contribution in [0.25, 0.3) is 11.0 Å². The number of hydrogen-bond acceptors (Lipinski definition) is 4. The number of aromatic nitrogens is 2. The van der Waals surface area contributed by atoms with E-state index in [1.807, 2.05) is 55.7 Å². The number of amides is 1. The van der Waals surface area contributed by atoms with Crippen molar-refractivity contribution in [1.29, 1.82) is 0 Å². The van der Waals surface area contributed by atoms with Gasteiger partial charge in [0, 0.05) is 19.0 Å². The van der Waals surface area contributed by atoms with Gasteiger partial charge in [0.25, 0.3) is 0 Å². The molecule has 142 valence electrons. The number of nitrogens with one attached hydrogen (secondary N) is 2. The van der Waals surface area contributed by atoms with Crippen LogP contribution in [0.2, 0.25) is 0 Å². The molecule has 0 aliphatic rings. The average Bonchev–Trinajstić information content (AvgIpc) is 3.09. The Bertz CT molecular complexity index is 891. The summed E-state index contributed by atoms with van der Waals surface area (Å²) in [5.74, 6) is 0.638. The third-order valence-corrected chi connectivity index (χ3v) is 4.47. The van der Waals surface area contributed by atoms with Gasteiger partial charge >= 0.3 is 0 Å². The summed E-state index contributed by atoms with van der Waals surface area (Å²) in [5, 5.41) is 6.32. The molecule has 0 aliphatic heterocycles. The van der Waals surface area contributed by atoms with E-state index in [2.05, 4.69) is 26.3 Å². The van der Waals surface area contributed by atoms with Gasteiger partial charge < -0.3 is 19.9 Å². The Balaban J connectivity index is 1.40. The fourth-order valence-electron chi connectivity index (χ4n) is 3.09. The van der Waals surface area contributed by atoms with E-state index in [0.29, 0.717) is 17.9 Å². The van der Waals surface area contributed by atoms with Crippen molar-refractivity contribution in [2.45, 2.75) is 32.4 Å². The standard InChI is InChI=1S/C21H26N4O2/c1-16(14-21(26)24-18-9-4-6-11-20(18)27-2)22-12-7-13-25-15-23-17-8-3-5-10-19(17)25/h3-6,8-11,15-16,22H,7,12-14H2,1-2H3,(H,24,26). The molecule has 6 heteroatoms. The fourth-order valence-corrected chi connectivity index (χ4v) is 3.09. The summed E-state index contributed by atoms with van der Waals surface area (Å²) >= 11 is 0. The van der Waals surface area contributed by atoms with E-state index in [9.17, 15) is 4.79 Å². The van der Waals surface area contributed by atoms with Gasteiger partial charge in [-0.25, -0.2) is 4.98 Å². The quantitative estimate of drug-likeness (QED) is 0.569. The lowest BCUT2D eigenvalue weighted by Gasteiger charge is -2.15. The van der Waals surface area contributed by atoms with Crippen LogP contribution in [0.1, 0.15) is 19.8 Å². The molecular formula is C21H26N4O2. The second-order valence-corrected chi connectivity index (χ2v) is 6.59. The van der Waals surface area contributed by atoms with Gasteiger partial charge in [-0.2, -0.15) is 0 Å². The number of imidazole rings is 1. The van der Waals surface area contributed by atoms with Gasteiger partial charge in [-0.3, -0.25) is 4.79 Å². The monoisotopic (exact) mass is 366 g/mol.